The van der Waals surface area contributed by atoms with Crippen LogP contribution in [-0.4, -0.2) is 34.9 Å². The second-order valence-corrected chi connectivity index (χ2v) is 4.98. The standard InChI is InChI=1S/C12H20N2O4/c1-5-17-11(16)8-6-10(18-14-8)9(15)7-13-12(2,3)4/h6,9,13,15H,5,7H2,1-4H3. The van der Waals surface area contributed by atoms with E-state index in [2.05, 4.69) is 10.5 Å². The first-order valence-electron chi connectivity index (χ1n) is 5.90. The summed E-state index contributed by atoms with van der Waals surface area (Å²) in [7, 11) is 0. The highest BCUT2D eigenvalue weighted by atomic mass is 16.5. The van der Waals surface area contributed by atoms with Crippen molar-refractivity contribution >= 4 is 5.97 Å². The predicted octanol–water partition coefficient (Wildman–Crippen LogP) is 1.27. The molecule has 0 aliphatic rings. The summed E-state index contributed by atoms with van der Waals surface area (Å²) in [6.07, 6.45) is -0.847. The number of nitrogens with zero attached hydrogens (tertiary/aromatic N) is 1. The summed E-state index contributed by atoms with van der Waals surface area (Å²) >= 11 is 0. The van der Waals surface area contributed by atoms with E-state index in [1.54, 1.807) is 6.92 Å². The summed E-state index contributed by atoms with van der Waals surface area (Å²) in [6.45, 7) is 8.27. The maximum Gasteiger partial charge on any atom is 0.360 e. The number of hydrogen-bond donors (Lipinski definition) is 2. The molecule has 0 saturated carbocycles. The summed E-state index contributed by atoms with van der Waals surface area (Å²) < 4.78 is 9.69. The number of carbonyl (C=O) groups is 1. The monoisotopic (exact) mass is 256 g/mol. The molecule has 0 fully saturated rings. The van der Waals surface area contributed by atoms with Gasteiger partial charge in [-0.2, -0.15) is 0 Å². The van der Waals surface area contributed by atoms with Crippen LogP contribution in [0, 0.1) is 0 Å². The van der Waals surface area contributed by atoms with E-state index in [4.69, 9.17) is 9.26 Å². The Hall–Kier alpha value is -1.40. The first kappa shape index (κ1) is 14.7. The van der Waals surface area contributed by atoms with Crippen LogP contribution in [0.2, 0.25) is 0 Å². The van der Waals surface area contributed by atoms with Crippen LogP contribution in [0.5, 0.6) is 0 Å². The molecule has 2 N–H and O–H groups in total. The second-order valence-electron chi connectivity index (χ2n) is 4.98. The maximum absolute atomic E-state index is 11.4. The van der Waals surface area contributed by atoms with Crippen molar-refractivity contribution in [2.24, 2.45) is 0 Å². The van der Waals surface area contributed by atoms with E-state index in [9.17, 15) is 9.90 Å². The normalized spacial score (nSPS) is 13.4. The molecular weight excluding hydrogens is 236 g/mol. The minimum absolute atomic E-state index is 0.0710. The van der Waals surface area contributed by atoms with Crippen LogP contribution in [-0.2, 0) is 4.74 Å². The number of hydrogen-bond acceptors (Lipinski definition) is 6. The Kier molecular flexibility index (Phi) is 4.86. The maximum atomic E-state index is 11.4. The molecule has 6 nitrogen and oxygen atoms in total. The van der Waals surface area contributed by atoms with Gasteiger partial charge in [0.25, 0.3) is 0 Å². The Bertz CT molecular complexity index is 395. The van der Waals surface area contributed by atoms with E-state index < -0.39 is 12.1 Å². The van der Waals surface area contributed by atoms with E-state index >= 15 is 0 Å². The summed E-state index contributed by atoms with van der Waals surface area (Å²) in [5.41, 5.74) is -0.0352. The third-order valence-corrected chi connectivity index (χ3v) is 2.17. The Balaban J connectivity index is 2.59. The number of carbonyl (C=O) groups excluding carboxylic acids is 1. The van der Waals surface area contributed by atoms with Crippen LogP contribution in [0.3, 0.4) is 0 Å². The van der Waals surface area contributed by atoms with Gasteiger partial charge in [-0.15, -0.1) is 0 Å². The number of esters is 1. The van der Waals surface area contributed by atoms with Gasteiger partial charge in [0.2, 0.25) is 0 Å². The van der Waals surface area contributed by atoms with Gasteiger partial charge in [0.1, 0.15) is 6.10 Å². The van der Waals surface area contributed by atoms with Gasteiger partial charge in [0.05, 0.1) is 6.61 Å². The average Bonchev–Trinajstić information content (AvgIpc) is 2.74. The van der Waals surface area contributed by atoms with Gasteiger partial charge in [-0.25, -0.2) is 4.79 Å². The van der Waals surface area contributed by atoms with Gasteiger partial charge in [-0.3, -0.25) is 0 Å². The minimum Gasteiger partial charge on any atom is -0.461 e. The third kappa shape index (κ3) is 4.46. The Morgan fingerprint density at radius 3 is 2.83 bits per heavy atom. The SMILES string of the molecule is CCOC(=O)c1cc(C(O)CNC(C)(C)C)on1. The molecule has 1 aromatic rings. The molecule has 0 radical (unpaired) electrons. The van der Waals surface area contributed by atoms with E-state index in [0.717, 1.165) is 0 Å². The van der Waals surface area contributed by atoms with Gasteiger partial charge in [0.15, 0.2) is 11.5 Å². The molecule has 0 aromatic carbocycles. The first-order valence-corrected chi connectivity index (χ1v) is 5.90. The lowest BCUT2D eigenvalue weighted by atomic mass is 10.1. The highest BCUT2D eigenvalue weighted by Gasteiger charge is 2.20. The molecule has 1 heterocycles. The smallest absolute Gasteiger partial charge is 0.360 e. The number of rotatable bonds is 5. The fraction of sp³-hybridized carbons (Fsp3) is 0.667. The predicted molar refractivity (Wildman–Crippen MR) is 65.2 cm³/mol. The van der Waals surface area contributed by atoms with E-state index in [1.165, 1.54) is 6.07 Å². The van der Waals surface area contributed by atoms with Gasteiger partial charge in [-0.05, 0) is 27.7 Å². The topological polar surface area (TPSA) is 84.6 Å². The molecule has 0 aliphatic carbocycles. The largest absolute Gasteiger partial charge is 0.461 e. The van der Waals surface area contributed by atoms with Crippen LogP contribution in [0.15, 0.2) is 10.6 Å². The van der Waals surface area contributed by atoms with Crippen molar-refractivity contribution in [2.45, 2.75) is 39.3 Å². The Morgan fingerprint density at radius 2 is 2.28 bits per heavy atom. The molecule has 0 bridgehead atoms. The van der Waals surface area contributed by atoms with Gasteiger partial charge >= 0.3 is 5.97 Å². The lowest BCUT2D eigenvalue weighted by Gasteiger charge is -2.21. The number of nitrogens with one attached hydrogen (secondary N) is 1. The summed E-state index contributed by atoms with van der Waals surface area (Å²) in [5, 5.41) is 16.6. The fourth-order valence-electron chi connectivity index (χ4n) is 1.25. The van der Waals surface area contributed by atoms with Crippen molar-refractivity contribution in [1.29, 1.82) is 0 Å². The van der Waals surface area contributed by atoms with Crippen molar-refractivity contribution in [3.05, 3.63) is 17.5 Å². The van der Waals surface area contributed by atoms with Crippen LogP contribution < -0.4 is 5.32 Å². The zero-order chi connectivity index (χ0) is 13.8. The van der Waals surface area contributed by atoms with Crippen LogP contribution in [0.4, 0.5) is 0 Å². The van der Waals surface area contributed by atoms with Crippen molar-refractivity contribution < 1.29 is 19.2 Å². The summed E-state index contributed by atoms with van der Waals surface area (Å²) in [4.78, 5) is 11.4. The molecule has 0 amide bonds. The zero-order valence-corrected chi connectivity index (χ0v) is 11.2. The second kappa shape index (κ2) is 5.97. The van der Waals surface area contributed by atoms with Gasteiger partial charge in [-0.1, -0.05) is 5.16 Å². The summed E-state index contributed by atoms with van der Waals surface area (Å²) in [6, 6.07) is 1.40. The Labute approximate surface area is 106 Å². The minimum atomic E-state index is -0.847. The molecular formula is C12H20N2O4. The third-order valence-electron chi connectivity index (χ3n) is 2.17. The molecule has 0 aliphatic heterocycles. The molecule has 1 unspecified atom stereocenters. The molecule has 0 spiro atoms. The van der Waals surface area contributed by atoms with E-state index in [1.807, 2.05) is 20.8 Å². The number of aliphatic hydroxyl groups excluding tert-OH is 1. The molecule has 6 heteroatoms. The molecule has 0 saturated heterocycles. The summed E-state index contributed by atoms with van der Waals surface area (Å²) in [5.74, 6) is -0.307. The van der Waals surface area contributed by atoms with Crippen molar-refractivity contribution in [3.63, 3.8) is 0 Å². The quantitative estimate of drug-likeness (QED) is 0.772. The van der Waals surface area contributed by atoms with Crippen molar-refractivity contribution in [2.75, 3.05) is 13.2 Å². The molecule has 18 heavy (non-hydrogen) atoms. The van der Waals surface area contributed by atoms with E-state index in [-0.39, 0.29) is 23.6 Å². The lowest BCUT2D eigenvalue weighted by molar-refractivity contribution is 0.0513. The van der Waals surface area contributed by atoms with Gasteiger partial charge in [0, 0.05) is 18.2 Å². The molecule has 1 rings (SSSR count). The van der Waals surface area contributed by atoms with Gasteiger partial charge < -0.3 is 19.7 Å². The molecule has 1 aromatic heterocycles. The fourth-order valence-corrected chi connectivity index (χ4v) is 1.25. The number of ether oxygens (including phenoxy) is 1. The number of β-amino-alcohol motifs (C(OH)–C–C–N with tert-alkyl or cyclic N) is 1. The van der Waals surface area contributed by atoms with Crippen LogP contribution in [0.25, 0.3) is 0 Å². The first-order chi connectivity index (χ1) is 8.33. The van der Waals surface area contributed by atoms with Crippen LogP contribution in [0.1, 0.15) is 50.0 Å². The highest BCUT2D eigenvalue weighted by molar-refractivity contribution is 5.87. The van der Waals surface area contributed by atoms with Crippen molar-refractivity contribution in [1.82, 2.24) is 10.5 Å². The average molecular weight is 256 g/mol. The van der Waals surface area contributed by atoms with Crippen molar-refractivity contribution in [3.8, 4) is 0 Å². The molecule has 102 valence electrons. The van der Waals surface area contributed by atoms with E-state index in [0.29, 0.717) is 6.54 Å². The number of aliphatic hydroxyl groups is 1. The number of aromatic nitrogens is 1. The lowest BCUT2D eigenvalue weighted by Crippen LogP contribution is -2.38. The highest BCUT2D eigenvalue weighted by Crippen LogP contribution is 2.15. The molecule has 1 atom stereocenters. The Morgan fingerprint density at radius 1 is 1.61 bits per heavy atom. The van der Waals surface area contributed by atoms with Crippen LogP contribution >= 0.6 is 0 Å². The zero-order valence-electron chi connectivity index (χ0n) is 11.2.